The molecule has 1 aliphatic rings. The van der Waals surface area contributed by atoms with Crippen LogP contribution in [-0.2, 0) is 4.79 Å². The first-order valence-electron chi connectivity index (χ1n) is 10.5. The summed E-state index contributed by atoms with van der Waals surface area (Å²) < 4.78 is 0.651. The molecule has 2 aromatic heterocycles. The maximum absolute atomic E-state index is 12.7. The highest BCUT2D eigenvalue weighted by molar-refractivity contribution is 7.17. The average Bonchev–Trinajstić information content (AvgIpc) is 3.17. The van der Waals surface area contributed by atoms with E-state index in [9.17, 15) is 9.59 Å². The number of anilines is 1. The molecule has 1 amide bonds. The van der Waals surface area contributed by atoms with Crippen LogP contribution in [0.2, 0.25) is 0 Å². The highest BCUT2D eigenvalue weighted by Crippen LogP contribution is 2.32. The summed E-state index contributed by atoms with van der Waals surface area (Å²) in [6, 6.07) is 8.26. The highest BCUT2D eigenvalue weighted by atomic mass is 32.1. The summed E-state index contributed by atoms with van der Waals surface area (Å²) in [5.41, 5.74) is 3.89. The number of rotatable bonds is 5. The van der Waals surface area contributed by atoms with Crippen molar-refractivity contribution in [1.29, 1.82) is 0 Å². The molecule has 0 saturated carbocycles. The average molecular weight is 425 g/mol. The summed E-state index contributed by atoms with van der Waals surface area (Å²) in [5, 5.41) is 5.05. The van der Waals surface area contributed by atoms with Crippen molar-refractivity contribution >= 4 is 33.4 Å². The lowest BCUT2D eigenvalue weighted by Gasteiger charge is -2.31. The molecule has 30 heavy (non-hydrogen) atoms. The van der Waals surface area contributed by atoms with Gasteiger partial charge in [-0.05, 0) is 31.2 Å². The molecule has 1 aromatic carbocycles. The van der Waals surface area contributed by atoms with Crippen LogP contribution in [0.3, 0.4) is 0 Å². The number of hydrogen-bond acceptors (Lipinski definition) is 5. The Morgan fingerprint density at radius 3 is 2.80 bits per heavy atom. The second kappa shape index (κ2) is 8.60. The van der Waals surface area contributed by atoms with Crippen molar-refractivity contribution in [3.8, 4) is 11.1 Å². The number of thiophene rings is 1. The van der Waals surface area contributed by atoms with Crippen molar-refractivity contribution in [1.82, 2.24) is 15.3 Å². The standard InChI is InChI=1S/C23H28N4O2S/c1-14(2)12-24-21(28)16-7-9-27(10-8-16)23-25-19-18(13-30-20(19)22(29)26-23)17-6-4-5-15(3)11-17/h4-6,11,13-14,16H,7-10,12H2,1-3H3,(H,24,28)(H,25,26,29). The summed E-state index contributed by atoms with van der Waals surface area (Å²) in [6.45, 7) is 8.37. The van der Waals surface area contributed by atoms with E-state index in [1.807, 2.05) is 11.4 Å². The molecule has 6 nitrogen and oxygen atoms in total. The fraction of sp³-hybridized carbons (Fsp3) is 0.435. The summed E-state index contributed by atoms with van der Waals surface area (Å²) in [5.74, 6) is 1.21. The van der Waals surface area contributed by atoms with E-state index in [1.54, 1.807) is 0 Å². The van der Waals surface area contributed by atoms with E-state index >= 15 is 0 Å². The Bertz CT molecular complexity index is 1110. The van der Waals surface area contributed by atoms with Gasteiger partial charge in [-0.25, -0.2) is 4.98 Å². The number of piperidine rings is 1. The van der Waals surface area contributed by atoms with Crippen molar-refractivity contribution in [2.24, 2.45) is 11.8 Å². The Kier molecular flexibility index (Phi) is 5.90. The quantitative estimate of drug-likeness (QED) is 0.650. The van der Waals surface area contributed by atoms with Gasteiger partial charge in [-0.15, -0.1) is 11.3 Å². The van der Waals surface area contributed by atoms with Gasteiger partial charge in [0.25, 0.3) is 5.56 Å². The van der Waals surface area contributed by atoms with Crippen LogP contribution in [0, 0.1) is 18.8 Å². The number of aromatic amines is 1. The zero-order valence-corrected chi connectivity index (χ0v) is 18.5. The molecule has 7 heteroatoms. The Morgan fingerprint density at radius 2 is 2.10 bits per heavy atom. The van der Waals surface area contributed by atoms with Gasteiger partial charge < -0.3 is 10.2 Å². The first-order valence-corrected chi connectivity index (χ1v) is 11.4. The van der Waals surface area contributed by atoms with Crippen LogP contribution in [0.15, 0.2) is 34.4 Å². The van der Waals surface area contributed by atoms with Crippen LogP contribution in [0.5, 0.6) is 0 Å². The Balaban J connectivity index is 1.55. The van der Waals surface area contributed by atoms with Gasteiger partial charge in [0.05, 0.1) is 5.52 Å². The first kappa shape index (κ1) is 20.6. The zero-order valence-electron chi connectivity index (χ0n) is 17.7. The molecule has 0 atom stereocenters. The van der Waals surface area contributed by atoms with Crippen molar-refractivity contribution in [3.05, 3.63) is 45.6 Å². The van der Waals surface area contributed by atoms with Crippen LogP contribution in [0.25, 0.3) is 21.3 Å². The number of carbonyl (C=O) groups is 1. The maximum Gasteiger partial charge on any atom is 0.270 e. The predicted octanol–water partition coefficient (Wildman–Crippen LogP) is 3.95. The Labute approximate surface area is 180 Å². The monoisotopic (exact) mass is 424 g/mol. The van der Waals surface area contributed by atoms with Crippen molar-refractivity contribution in [2.75, 3.05) is 24.5 Å². The number of nitrogens with one attached hydrogen (secondary N) is 2. The highest BCUT2D eigenvalue weighted by Gasteiger charge is 2.26. The van der Waals surface area contributed by atoms with E-state index in [0.29, 0.717) is 36.2 Å². The SMILES string of the molecule is Cc1cccc(-c2csc3c(=O)[nH]c(N4CCC(C(=O)NCC(C)C)CC4)nc23)c1. The molecule has 3 heterocycles. The van der Waals surface area contributed by atoms with Crippen LogP contribution in [0.4, 0.5) is 5.95 Å². The van der Waals surface area contributed by atoms with Crippen LogP contribution >= 0.6 is 11.3 Å². The van der Waals surface area contributed by atoms with Gasteiger partial charge in [0, 0.05) is 36.5 Å². The first-order chi connectivity index (χ1) is 14.4. The number of aryl methyl sites for hydroxylation is 1. The molecule has 4 rings (SSSR count). The summed E-state index contributed by atoms with van der Waals surface area (Å²) in [4.78, 5) is 34.9. The molecule has 0 spiro atoms. The van der Waals surface area contributed by atoms with Crippen LogP contribution in [0.1, 0.15) is 32.3 Å². The molecule has 1 fully saturated rings. The number of amides is 1. The van der Waals surface area contributed by atoms with Gasteiger partial charge in [0.15, 0.2) is 0 Å². The topological polar surface area (TPSA) is 78.1 Å². The summed E-state index contributed by atoms with van der Waals surface area (Å²) in [6.07, 6.45) is 1.53. The molecule has 1 aliphatic heterocycles. The van der Waals surface area contributed by atoms with Gasteiger partial charge in [0.1, 0.15) is 4.70 Å². The lowest BCUT2D eigenvalue weighted by atomic mass is 9.96. The van der Waals surface area contributed by atoms with Gasteiger partial charge in [0.2, 0.25) is 11.9 Å². The normalized spacial score (nSPS) is 15.1. The maximum atomic E-state index is 12.7. The number of H-pyrrole nitrogens is 1. The molecule has 0 aliphatic carbocycles. The number of carbonyl (C=O) groups excluding carboxylic acids is 1. The van der Waals surface area contributed by atoms with Crippen molar-refractivity contribution in [2.45, 2.75) is 33.6 Å². The predicted molar refractivity (Wildman–Crippen MR) is 123 cm³/mol. The number of fused-ring (bicyclic) bond motifs is 1. The third-order valence-electron chi connectivity index (χ3n) is 5.59. The third kappa shape index (κ3) is 4.26. The van der Waals surface area contributed by atoms with Crippen LogP contribution < -0.4 is 15.8 Å². The number of hydrogen-bond donors (Lipinski definition) is 2. The molecule has 0 radical (unpaired) electrons. The van der Waals surface area contributed by atoms with E-state index in [1.165, 1.54) is 16.9 Å². The van der Waals surface area contributed by atoms with E-state index < -0.39 is 0 Å². The molecular formula is C23H28N4O2S. The van der Waals surface area contributed by atoms with Gasteiger partial charge in [-0.1, -0.05) is 43.7 Å². The lowest BCUT2D eigenvalue weighted by Crippen LogP contribution is -2.42. The van der Waals surface area contributed by atoms with E-state index in [0.717, 1.165) is 29.5 Å². The van der Waals surface area contributed by atoms with Gasteiger partial charge >= 0.3 is 0 Å². The number of aromatic nitrogens is 2. The van der Waals surface area contributed by atoms with Gasteiger partial charge in [-0.3, -0.25) is 14.6 Å². The minimum atomic E-state index is -0.101. The number of nitrogens with zero attached hydrogens (tertiary/aromatic N) is 2. The fourth-order valence-electron chi connectivity index (χ4n) is 3.89. The van der Waals surface area contributed by atoms with E-state index in [-0.39, 0.29) is 17.4 Å². The molecule has 2 N–H and O–H groups in total. The number of benzene rings is 1. The minimum Gasteiger partial charge on any atom is -0.356 e. The minimum absolute atomic E-state index is 0.0273. The summed E-state index contributed by atoms with van der Waals surface area (Å²) >= 11 is 1.43. The molecule has 1 saturated heterocycles. The second-order valence-electron chi connectivity index (χ2n) is 8.49. The lowest BCUT2D eigenvalue weighted by molar-refractivity contribution is -0.125. The molecule has 158 valence electrons. The zero-order chi connectivity index (χ0) is 21.3. The molecule has 3 aromatic rings. The second-order valence-corrected chi connectivity index (χ2v) is 9.37. The molecule has 0 bridgehead atoms. The smallest absolute Gasteiger partial charge is 0.270 e. The van der Waals surface area contributed by atoms with Gasteiger partial charge in [-0.2, -0.15) is 0 Å². The van der Waals surface area contributed by atoms with E-state index in [2.05, 4.69) is 54.2 Å². The van der Waals surface area contributed by atoms with Crippen molar-refractivity contribution in [3.63, 3.8) is 0 Å². The Hall–Kier alpha value is -2.67. The largest absolute Gasteiger partial charge is 0.356 e. The summed E-state index contributed by atoms with van der Waals surface area (Å²) in [7, 11) is 0. The fourth-order valence-corrected chi connectivity index (χ4v) is 4.79. The van der Waals surface area contributed by atoms with Crippen molar-refractivity contribution < 1.29 is 4.79 Å². The Morgan fingerprint density at radius 1 is 1.33 bits per heavy atom. The third-order valence-corrected chi connectivity index (χ3v) is 6.56. The molecule has 0 unspecified atom stereocenters. The molecular weight excluding hydrogens is 396 g/mol. The van der Waals surface area contributed by atoms with E-state index in [4.69, 9.17) is 4.98 Å². The van der Waals surface area contributed by atoms with Crippen LogP contribution in [-0.4, -0.2) is 35.5 Å².